The van der Waals surface area contributed by atoms with Gasteiger partial charge >= 0.3 is 0 Å². The van der Waals surface area contributed by atoms with Gasteiger partial charge in [0.1, 0.15) is 11.5 Å². The summed E-state index contributed by atoms with van der Waals surface area (Å²) in [6.45, 7) is 3.16. The average molecular weight is 430 g/mol. The van der Waals surface area contributed by atoms with Gasteiger partial charge in [-0.15, -0.1) is 0 Å². The molecule has 0 unspecified atom stereocenters. The Morgan fingerprint density at radius 1 is 1.17 bits per heavy atom. The lowest BCUT2D eigenvalue weighted by Gasteiger charge is -2.25. The summed E-state index contributed by atoms with van der Waals surface area (Å²) in [5.41, 5.74) is 1.14. The second kappa shape index (κ2) is 9.78. The van der Waals surface area contributed by atoms with Crippen molar-refractivity contribution < 1.29 is 24.2 Å². The fourth-order valence-corrected chi connectivity index (χ4v) is 3.74. The van der Waals surface area contributed by atoms with E-state index >= 15 is 0 Å². The van der Waals surface area contributed by atoms with Crippen LogP contribution in [0.2, 0.25) is 5.02 Å². The van der Waals surface area contributed by atoms with Gasteiger partial charge < -0.3 is 19.5 Å². The third-order valence-electron chi connectivity index (χ3n) is 4.89. The highest BCUT2D eigenvalue weighted by molar-refractivity contribution is 6.46. The molecule has 7 heteroatoms. The van der Waals surface area contributed by atoms with Crippen molar-refractivity contribution in [3.8, 4) is 5.75 Å². The highest BCUT2D eigenvalue weighted by Gasteiger charge is 2.45. The fraction of sp³-hybridized carbons (Fsp3) is 0.304. The molecule has 2 aromatic rings. The van der Waals surface area contributed by atoms with Crippen LogP contribution in [-0.4, -0.2) is 48.6 Å². The predicted octanol–water partition coefficient (Wildman–Crippen LogP) is 4.20. The van der Waals surface area contributed by atoms with Crippen LogP contribution in [0.3, 0.4) is 0 Å². The van der Waals surface area contributed by atoms with E-state index in [0.29, 0.717) is 48.1 Å². The van der Waals surface area contributed by atoms with Gasteiger partial charge in [0, 0.05) is 30.8 Å². The van der Waals surface area contributed by atoms with E-state index in [0.717, 1.165) is 0 Å². The van der Waals surface area contributed by atoms with Gasteiger partial charge in [-0.25, -0.2) is 0 Å². The number of benzene rings is 2. The molecule has 1 amide bonds. The van der Waals surface area contributed by atoms with E-state index in [1.54, 1.807) is 55.6 Å². The molecule has 0 saturated carbocycles. The molecule has 158 valence electrons. The predicted molar refractivity (Wildman–Crippen MR) is 115 cm³/mol. The first-order chi connectivity index (χ1) is 14.5. The zero-order valence-electron chi connectivity index (χ0n) is 16.9. The van der Waals surface area contributed by atoms with Gasteiger partial charge in [0.25, 0.3) is 11.7 Å². The molecule has 30 heavy (non-hydrogen) atoms. The standard InChI is InChI=1S/C23H24ClNO5/c1-3-30-18-10-8-15(9-11-18)21(26)19-20(16-6-4-7-17(24)14-16)25(12-5-13-29-2)23(28)22(19)27/h4,6-11,14,20,26H,3,5,12-13H2,1-2H3/t20-/m1/s1. The molecule has 1 aliphatic heterocycles. The second-order valence-electron chi connectivity index (χ2n) is 6.85. The molecule has 0 aliphatic carbocycles. The van der Waals surface area contributed by atoms with Crippen LogP contribution in [0.5, 0.6) is 5.75 Å². The topological polar surface area (TPSA) is 76.1 Å². The number of ketones is 1. The van der Waals surface area contributed by atoms with E-state index in [4.69, 9.17) is 21.1 Å². The Bertz CT molecular complexity index is 954. The fourth-order valence-electron chi connectivity index (χ4n) is 3.54. The van der Waals surface area contributed by atoms with Gasteiger partial charge in [-0.3, -0.25) is 9.59 Å². The molecular formula is C23H24ClNO5. The maximum absolute atomic E-state index is 12.9. The number of ether oxygens (including phenoxy) is 2. The average Bonchev–Trinajstić information content (AvgIpc) is 2.99. The van der Waals surface area contributed by atoms with E-state index in [-0.39, 0.29) is 11.3 Å². The van der Waals surface area contributed by atoms with E-state index in [1.165, 1.54) is 4.90 Å². The van der Waals surface area contributed by atoms with Crippen molar-refractivity contribution in [2.24, 2.45) is 0 Å². The number of aliphatic hydroxyl groups excluding tert-OH is 1. The number of methoxy groups -OCH3 is 1. The normalized spacial score (nSPS) is 18.1. The van der Waals surface area contributed by atoms with Crippen LogP contribution in [0, 0.1) is 0 Å². The van der Waals surface area contributed by atoms with Crippen LogP contribution in [0.15, 0.2) is 54.1 Å². The molecule has 0 spiro atoms. The van der Waals surface area contributed by atoms with Crippen molar-refractivity contribution in [1.29, 1.82) is 0 Å². The number of aliphatic hydroxyl groups is 1. The van der Waals surface area contributed by atoms with Gasteiger partial charge in [-0.1, -0.05) is 23.7 Å². The summed E-state index contributed by atoms with van der Waals surface area (Å²) in [6.07, 6.45) is 0.559. The first-order valence-electron chi connectivity index (χ1n) is 9.74. The summed E-state index contributed by atoms with van der Waals surface area (Å²) in [5, 5.41) is 11.5. The molecule has 3 rings (SSSR count). The summed E-state index contributed by atoms with van der Waals surface area (Å²) in [4.78, 5) is 27.2. The number of halogens is 1. The minimum atomic E-state index is -0.730. The molecule has 1 fully saturated rings. The molecule has 1 N–H and O–H groups in total. The molecule has 1 saturated heterocycles. The quantitative estimate of drug-likeness (QED) is 0.294. The van der Waals surface area contributed by atoms with Gasteiger partial charge in [-0.05, 0) is 55.3 Å². The lowest BCUT2D eigenvalue weighted by atomic mass is 9.95. The molecule has 0 bridgehead atoms. The Hall–Kier alpha value is -2.83. The van der Waals surface area contributed by atoms with Crippen LogP contribution in [0.1, 0.15) is 30.5 Å². The smallest absolute Gasteiger partial charge is 0.295 e. The minimum Gasteiger partial charge on any atom is -0.507 e. The maximum Gasteiger partial charge on any atom is 0.295 e. The van der Waals surface area contributed by atoms with E-state index in [9.17, 15) is 14.7 Å². The van der Waals surface area contributed by atoms with Crippen molar-refractivity contribution in [3.05, 3.63) is 70.3 Å². The van der Waals surface area contributed by atoms with Gasteiger partial charge in [0.05, 0.1) is 18.2 Å². The zero-order valence-corrected chi connectivity index (χ0v) is 17.7. The summed E-state index contributed by atoms with van der Waals surface area (Å²) in [5.74, 6) is -0.941. The van der Waals surface area contributed by atoms with E-state index in [1.807, 2.05) is 6.92 Å². The lowest BCUT2D eigenvalue weighted by molar-refractivity contribution is -0.140. The monoisotopic (exact) mass is 429 g/mol. The summed E-state index contributed by atoms with van der Waals surface area (Å²) < 4.78 is 10.5. The summed E-state index contributed by atoms with van der Waals surface area (Å²) in [6, 6.07) is 13.0. The Kier molecular flexibility index (Phi) is 7.13. The van der Waals surface area contributed by atoms with E-state index < -0.39 is 17.7 Å². The molecule has 0 aromatic heterocycles. The molecule has 0 radical (unpaired) electrons. The SMILES string of the molecule is CCOc1ccc(C(O)=C2C(=O)C(=O)N(CCCOC)[C@@H]2c2cccc(Cl)c2)cc1. The number of nitrogens with zero attached hydrogens (tertiary/aromatic N) is 1. The van der Waals surface area contributed by atoms with Crippen LogP contribution in [0.25, 0.3) is 5.76 Å². The van der Waals surface area contributed by atoms with Gasteiger partial charge in [0.15, 0.2) is 0 Å². The number of hydrogen-bond acceptors (Lipinski definition) is 5. The van der Waals surface area contributed by atoms with Crippen LogP contribution in [-0.2, 0) is 14.3 Å². The van der Waals surface area contributed by atoms with Gasteiger partial charge in [0.2, 0.25) is 0 Å². The zero-order chi connectivity index (χ0) is 21.7. The van der Waals surface area contributed by atoms with Crippen LogP contribution < -0.4 is 4.74 Å². The lowest BCUT2D eigenvalue weighted by Crippen LogP contribution is -2.31. The Morgan fingerprint density at radius 3 is 2.53 bits per heavy atom. The van der Waals surface area contributed by atoms with Crippen molar-refractivity contribution in [2.45, 2.75) is 19.4 Å². The molecule has 2 aromatic carbocycles. The Labute approximate surface area is 180 Å². The Balaban J connectivity index is 2.07. The highest BCUT2D eigenvalue weighted by Crippen LogP contribution is 2.40. The van der Waals surface area contributed by atoms with Crippen molar-refractivity contribution in [3.63, 3.8) is 0 Å². The number of amides is 1. The Morgan fingerprint density at radius 2 is 1.90 bits per heavy atom. The minimum absolute atomic E-state index is 0.0452. The number of carbonyl (C=O) groups excluding carboxylic acids is 2. The van der Waals surface area contributed by atoms with Crippen molar-refractivity contribution in [2.75, 3.05) is 26.9 Å². The number of hydrogen-bond donors (Lipinski definition) is 1. The molecule has 1 heterocycles. The molecule has 1 aliphatic rings. The number of rotatable bonds is 8. The largest absolute Gasteiger partial charge is 0.507 e. The van der Waals surface area contributed by atoms with Gasteiger partial charge in [-0.2, -0.15) is 0 Å². The number of carbonyl (C=O) groups is 2. The summed E-state index contributed by atoms with van der Waals surface area (Å²) >= 11 is 6.16. The molecular weight excluding hydrogens is 406 g/mol. The van der Waals surface area contributed by atoms with Crippen LogP contribution in [0.4, 0.5) is 0 Å². The number of likely N-dealkylation sites (tertiary alicyclic amines) is 1. The first kappa shape index (κ1) is 21.9. The maximum atomic E-state index is 12.9. The van der Waals surface area contributed by atoms with Crippen LogP contribution >= 0.6 is 11.6 Å². The molecule has 6 nitrogen and oxygen atoms in total. The first-order valence-corrected chi connectivity index (χ1v) is 10.1. The van der Waals surface area contributed by atoms with Crippen molar-refractivity contribution in [1.82, 2.24) is 4.90 Å². The van der Waals surface area contributed by atoms with Crippen molar-refractivity contribution >= 4 is 29.1 Å². The highest BCUT2D eigenvalue weighted by atomic mass is 35.5. The molecule has 1 atom stereocenters. The second-order valence-corrected chi connectivity index (χ2v) is 7.29. The summed E-state index contributed by atoms with van der Waals surface area (Å²) in [7, 11) is 1.58. The van der Waals surface area contributed by atoms with E-state index in [2.05, 4.69) is 0 Å². The third-order valence-corrected chi connectivity index (χ3v) is 5.13. The third kappa shape index (κ3) is 4.50. The number of Topliss-reactive ketones (excluding diaryl/α,β-unsaturated/α-hetero) is 1.